The molecule has 0 aromatic heterocycles. The van der Waals surface area contributed by atoms with Crippen LogP contribution in [0.5, 0.6) is 0 Å². The van der Waals surface area contributed by atoms with Gasteiger partial charge in [0.25, 0.3) is 0 Å². The largest absolute Gasteiger partial charge is 0.294 e. The van der Waals surface area contributed by atoms with Crippen LogP contribution in [0.15, 0.2) is 36.4 Å². The first-order valence-electron chi connectivity index (χ1n) is 6.81. The van der Waals surface area contributed by atoms with Crippen molar-refractivity contribution in [2.24, 2.45) is 5.92 Å². The lowest BCUT2D eigenvalue weighted by Crippen LogP contribution is -2.04. The van der Waals surface area contributed by atoms with Gasteiger partial charge in [0.05, 0.1) is 0 Å². The van der Waals surface area contributed by atoms with Gasteiger partial charge in [-0.2, -0.15) is 0 Å². The van der Waals surface area contributed by atoms with E-state index in [2.05, 4.69) is 50.2 Å². The maximum Gasteiger partial charge on any atom is 0.166 e. The predicted octanol–water partition coefficient (Wildman–Crippen LogP) is 4.35. The van der Waals surface area contributed by atoms with Crippen LogP contribution in [0, 0.1) is 19.8 Å². The molecule has 19 heavy (non-hydrogen) atoms. The molecule has 2 aromatic rings. The second-order valence-corrected chi connectivity index (χ2v) is 5.63. The smallest absolute Gasteiger partial charge is 0.166 e. The minimum absolute atomic E-state index is 0.127. The minimum Gasteiger partial charge on any atom is -0.294 e. The molecule has 0 saturated carbocycles. The van der Waals surface area contributed by atoms with Gasteiger partial charge in [-0.05, 0) is 42.5 Å². The summed E-state index contributed by atoms with van der Waals surface area (Å²) in [4.78, 5) is 12.4. The Hall–Kier alpha value is -1.89. The van der Waals surface area contributed by atoms with Crippen LogP contribution in [0.1, 0.15) is 34.0 Å². The molecule has 0 fully saturated rings. The number of carbonyl (C=O) groups is 1. The minimum atomic E-state index is 0.127. The van der Waals surface area contributed by atoms with Crippen LogP contribution in [0.25, 0.3) is 11.1 Å². The first-order valence-corrected chi connectivity index (χ1v) is 6.81. The summed E-state index contributed by atoms with van der Waals surface area (Å²) in [5, 5.41) is 0. The zero-order chi connectivity index (χ0) is 13.6. The van der Waals surface area contributed by atoms with Gasteiger partial charge in [-0.1, -0.05) is 48.9 Å². The second-order valence-electron chi connectivity index (χ2n) is 5.63. The van der Waals surface area contributed by atoms with E-state index in [0.29, 0.717) is 5.78 Å². The summed E-state index contributed by atoms with van der Waals surface area (Å²) in [7, 11) is 0. The monoisotopic (exact) mass is 250 g/mol. The van der Waals surface area contributed by atoms with Crippen molar-refractivity contribution in [2.45, 2.75) is 27.2 Å². The van der Waals surface area contributed by atoms with E-state index in [4.69, 9.17) is 0 Å². The van der Waals surface area contributed by atoms with E-state index in [1.54, 1.807) is 0 Å². The van der Waals surface area contributed by atoms with Crippen molar-refractivity contribution in [3.63, 3.8) is 0 Å². The van der Waals surface area contributed by atoms with Gasteiger partial charge in [-0.3, -0.25) is 4.79 Å². The molecule has 0 spiro atoms. The Bertz CT molecular complexity index is 667. The third-order valence-corrected chi connectivity index (χ3v) is 4.04. The van der Waals surface area contributed by atoms with Crippen LogP contribution in [-0.4, -0.2) is 5.78 Å². The quantitative estimate of drug-likeness (QED) is 0.735. The molecule has 96 valence electrons. The van der Waals surface area contributed by atoms with Crippen LogP contribution < -0.4 is 0 Å². The summed E-state index contributed by atoms with van der Waals surface area (Å²) in [5.41, 5.74) is 6.93. The summed E-state index contributed by atoms with van der Waals surface area (Å²) in [6, 6.07) is 12.7. The number of ketones is 1. The van der Waals surface area contributed by atoms with Gasteiger partial charge in [0.1, 0.15) is 0 Å². The number of aryl methyl sites for hydroxylation is 2. The maximum atomic E-state index is 12.4. The Morgan fingerprint density at radius 1 is 1.05 bits per heavy atom. The lowest BCUT2D eigenvalue weighted by Gasteiger charge is -2.11. The number of hydrogen-bond donors (Lipinski definition) is 0. The van der Waals surface area contributed by atoms with Crippen molar-refractivity contribution < 1.29 is 4.79 Å². The van der Waals surface area contributed by atoms with Crippen molar-refractivity contribution in [2.75, 3.05) is 0 Å². The van der Waals surface area contributed by atoms with Crippen LogP contribution >= 0.6 is 0 Å². The van der Waals surface area contributed by atoms with Gasteiger partial charge < -0.3 is 0 Å². The molecule has 1 aliphatic carbocycles. The molecule has 1 heteroatoms. The van der Waals surface area contributed by atoms with E-state index in [9.17, 15) is 4.79 Å². The highest BCUT2D eigenvalue weighted by Gasteiger charge is 2.29. The average molecular weight is 250 g/mol. The topological polar surface area (TPSA) is 17.1 Å². The third-order valence-electron chi connectivity index (χ3n) is 4.04. The van der Waals surface area contributed by atoms with Crippen molar-refractivity contribution >= 4 is 5.78 Å². The molecule has 3 rings (SSSR count). The number of hydrogen-bond acceptors (Lipinski definition) is 1. The first-order chi connectivity index (χ1) is 9.08. The van der Waals surface area contributed by atoms with Crippen molar-refractivity contribution in [3.05, 3.63) is 58.7 Å². The molecule has 0 radical (unpaired) electrons. The molecular weight excluding hydrogens is 232 g/mol. The van der Waals surface area contributed by atoms with Crippen LogP contribution in [-0.2, 0) is 6.42 Å². The Kier molecular flexibility index (Phi) is 2.78. The van der Waals surface area contributed by atoms with E-state index in [1.165, 1.54) is 22.3 Å². The molecule has 1 nitrogen and oxygen atoms in total. The number of benzene rings is 2. The molecule has 0 saturated heterocycles. The zero-order valence-corrected chi connectivity index (χ0v) is 11.7. The average Bonchev–Trinajstić information content (AvgIpc) is 2.65. The van der Waals surface area contributed by atoms with Crippen LogP contribution in [0.2, 0.25) is 0 Å². The highest BCUT2D eigenvalue weighted by molar-refractivity contribution is 6.07. The summed E-state index contributed by atoms with van der Waals surface area (Å²) in [5.74, 6) is 0.424. The molecule has 1 aliphatic rings. The lowest BCUT2D eigenvalue weighted by atomic mass is 9.92. The number of rotatable bonds is 1. The summed E-state index contributed by atoms with van der Waals surface area (Å²) in [6.45, 7) is 6.23. The SMILES string of the molecule is Cc1ccc(-c2cccc3c2C(=O)C(C)C3)c(C)c1. The third kappa shape index (κ3) is 1.90. The summed E-state index contributed by atoms with van der Waals surface area (Å²) < 4.78 is 0. The first kappa shape index (κ1) is 12.2. The van der Waals surface area contributed by atoms with E-state index in [1.807, 2.05) is 6.92 Å². The molecule has 0 bridgehead atoms. The highest BCUT2D eigenvalue weighted by Crippen LogP contribution is 2.36. The normalized spacial score (nSPS) is 17.6. The van der Waals surface area contributed by atoms with Crippen LogP contribution in [0.3, 0.4) is 0 Å². The molecular formula is C18H18O. The summed E-state index contributed by atoms with van der Waals surface area (Å²) in [6.07, 6.45) is 0.882. The maximum absolute atomic E-state index is 12.4. The van der Waals surface area contributed by atoms with Gasteiger partial charge in [0.2, 0.25) is 0 Å². The fraction of sp³-hybridized carbons (Fsp3) is 0.278. The molecule has 1 unspecified atom stereocenters. The van der Waals surface area contributed by atoms with Crippen molar-refractivity contribution in [3.8, 4) is 11.1 Å². The van der Waals surface area contributed by atoms with Gasteiger partial charge in [-0.25, -0.2) is 0 Å². The van der Waals surface area contributed by atoms with E-state index in [-0.39, 0.29) is 5.92 Å². The Labute approximate surface area is 114 Å². The van der Waals surface area contributed by atoms with Crippen LogP contribution in [0.4, 0.5) is 0 Å². The Morgan fingerprint density at radius 3 is 2.58 bits per heavy atom. The van der Waals surface area contributed by atoms with Crippen molar-refractivity contribution in [1.29, 1.82) is 0 Å². The van der Waals surface area contributed by atoms with E-state index in [0.717, 1.165) is 17.5 Å². The molecule has 2 aromatic carbocycles. The van der Waals surface area contributed by atoms with Crippen molar-refractivity contribution in [1.82, 2.24) is 0 Å². The number of Topliss-reactive ketones (excluding diaryl/α,β-unsaturated/α-hetero) is 1. The lowest BCUT2D eigenvalue weighted by molar-refractivity contribution is 0.0947. The van der Waals surface area contributed by atoms with E-state index < -0.39 is 0 Å². The fourth-order valence-electron chi connectivity index (χ4n) is 3.07. The molecule has 0 N–H and O–H groups in total. The summed E-state index contributed by atoms with van der Waals surface area (Å²) >= 11 is 0. The molecule has 0 heterocycles. The number of fused-ring (bicyclic) bond motifs is 1. The fourth-order valence-corrected chi connectivity index (χ4v) is 3.07. The second kappa shape index (κ2) is 4.34. The Balaban J connectivity index is 2.23. The van der Waals surface area contributed by atoms with Gasteiger partial charge in [0.15, 0.2) is 5.78 Å². The van der Waals surface area contributed by atoms with E-state index >= 15 is 0 Å². The molecule has 0 aliphatic heterocycles. The zero-order valence-electron chi connectivity index (χ0n) is 11.7. The highest BCUT2D eigenvalue weighted by atomic mass is 16.1. The Morgan fingerprint density at radius 2 is 1.84 bits per heavy atom. The molecule has 0 amide bonds. The standard InChI is InChI=1S/C18H18O/c1-11-7-8-15(12(2)9-11)16-6-4-5-14-10-13(3)18(19)17(14)16/h4-9,13H,10H2,1-3H3. The molecule has 1 atom stereocenters. The van der Waals surface area contributed by atoms with Gasteiger partial charge in [0, 0.05) is 11.5 Å². The number of carbonyl (C=O) groups excluding carboxylic acids is 1. The van der Waals surface area contributed by atoms with Gasteiger partial charge >= 0.3 is 0 Å². The van der Waals surface area contributed by atoms with Gasteiger partial charge in [-0.15, -0.1) is 0 Å². The predicted molar refractivity (Wildman–Crippen MR) is 78.6 cm³/mol.